The average molecular weight is 355 g/mol. The Morgan fingerprint density at radius 3 is 2.57 bits per heavy atom. The molecule has 0 aliphatic heterocycles. The Hall–Kier alpha value is -1.56. The molecule has 0 radical (unpaired) electrons. The van der Waals surface area contributed by atoms with Gasteiger partial charge in [0.15, 0.2) is 0 Å². The van der Waals surface area contributed by atoms with E-state index in [1.807, 2.05) is 24.3 Å². The van der Waals surface area contributed by atoms with E-state index in [0.29, 0.717) is 6.54 Å². The van der Waals surface area contributed by atoms with E-state index < -0.39 is 11.5 Å². The first kappa shape index (κ1) is 15.8. The minimum atomic E-state index is -1.18. The summed E-state index contributed by atoms with van der Waals surface area (Å²) in [7, 11) is 1.66. The Bertz CT molecular complexity index is 560. The summed E-state index contributed by atoms with van der Waals surface area (Å²) in [6.07, 6.45) is 1.69. The molecule has 1 unspecified atom stereocenters. The number of benzene rings is 1. The van der Waals surface area contributed by atoms with E-state index in [2.05, 4.69) is 21.2 Å². The maximum Gasteiger partial charge on any atom is 0.329 e. The molecular weight excluding hydrogens is 336 g/mol. The Balaban J connectivity index is 2.02. The summed E-state index contributed by atoms with van der Waals surface area (Å²) in [4.78, 5) is 25.2. The molecule has 21 heavy (non-hydrogen) atoms. The lowest BCUT2D eigenvalue weighted by atomic mass is 9.96. The van der Waals surface area contributed by atoms with Crippen LogP contribution >= 0.6 is 15.9 Å². The topological polar surface area (TPSA) is 69.6 Å². The number of carboxylic acids is 1. The Morgan fingerprint density at radius 1 is 1.43 bits per heavy atom. The van der Waals surface area contributed by atoms with Gasteiger partial charge in [-0.3, -0.25) is 0 Å². The van der Waals surface area contributed by atoms with Crippen LogP contribution in [-0.4, -0.2) is 34.6 Å². The van der Waals surface area contributed by atoms with Gasteiger partial charge in [0.05, 0.1) is 0 Å². The second kappa shape index (κ2) is 6.05. The molecule has 1 fully saturated rings. The van der Waals surface area contributed by atoms with Gasteiger partial charge >= 0.3 is 12.0 Å². The number of carbonyl (C=O) groups excluding carboxylic acids is 1. The van der Waals surface area contributed by atoms with Gasteiger partial charge in [0, 0.05) is 18.1 Å². The quantitative estimate of drug-likeness (QED) is 0.853. The molecule has 2 rings (SSSR count). The molecule has 2 N–H and O–H groups in total. The zero-order valence-corrected chi connectivity index (χ0v) is 13.7. The number of nitrogens with zero attached hydrogens (tertiary/aromatic N) is 1. The molecule has 114 valence electrons. The molecule has 1 aromatic carbocycles. The second-order valence-corrected chi connectivity index (χ2v) is 6.51. The molecule has 0 bridgehead atoms. The fourth-order valence-electron chi connectivity index (χ4n) is 2.26. The second-order valence-electron chi connectivity index (χ2n) is 5.66. The first-order chi connectivity index (χ1) is 9.84. The van der Waals surface area contributed by atoms with Gasteiger partial charge in [-0.1, -0.05) is 34.1 Å². The van der Waals surface area contributed by atoms with Crippen molar-refractivity contribution >= 4 is 27.9 Å². The number of halogens is 1. The largest absolute Gasteiger partial charge is 0.480 e. The van der Waals surface area contributed by atoms with Crippen LogP contribution in [0, 0.1) is 5.92 Å². The highest BCUT2D eigenvalue weighted by Crippen LogP contribution is 2.39. The van der Waals surface area contributed by atoms with Crippen LogP contribution in [0.4, 0.5) is 4.79 Å². The van der Waals surface area contributed by atoms with Crippen LogP contribution in [0.3, 0.4) is 0 Å². The molecule has 5 nitrogen and oxygen atoms in total. The van der Waals surface area contributed by atoms with E-state index in [1.54, 1.807) is 14.0 Å². The summed E-state index contributed by atoms with van der Waals surface area (Å²) < 4.78 is 0.924. The monoisotopic (exact) mass is 354 g/mol. The number of nitrogens with one attached hydrogen (secondary N) is 1. The van der Waals surface area contributed by atoms with Crippen LogP contribution in [0.5, 0.6) is 0 Å². The number of hydrogen-bond acceptors (Lipinski definition) is 2. The number of aliphatic carboxylic acids is 1. The van der Waals surface area contributed by atoms with E-state index in [4.69, 9.17) is 0 Å². The molecule has 1 aliphatic rings. The Kier molecular flexibility index (Phi) is 4.56. The fraction of sp³-hybridized carbons (Fsp3) is 0.467. The lowest BCUT2D eigenvalue weighted by Gasteiger charge is -2.29. The predicted octanol–water partition coefficient (Wildman–Crippen LogP) is 2.84. The van der Waals surface area contributed by atoms with Crippen molar-refractivity contribution < 1.29 is 14.7 Å². The van der Waals surface area contributed by atoms with Gasteiger partial charge in [-0.05, 0) is 37.3 Å². The molecule has 1 saturated carbocycles. The van der Waals surface area contributed by atoms with Gasteiger partial charge in [0.25, 0.3) is 0 Å². The lowest BCUT2D eigenvalue weighted by Crippen LogP contribution is -2.56. The number of amides is 2. The molecule has 0 heterocycles. The summed E-state index contributed by atoms with van der Waals surface area (Å²) in [5.41, 5.74) is -0.210. The van der Waals surface area contributed by atoms with Gasteiger partial charge in [-0.15, -0.1) is 0 Å². The van der Waals surface area contributed by atoms with Crippen molar-refractivity contribution in [2.75, 3.05) is 7.05 Å². The highest BCUT2D eigenvalue weighted by atomic mass is 79.9. The van der Waals surface area contributed by atoms with E-state index >= 15 is 0 Å². The summed E-state index contributed by atoms with van der Waals surface area (Å²) in [6.45, 7) is 1.99. The van der Waals surface area contributed by atoms with Crippen LogP contribution < -0.4 is 5.32 Å². The first-order valence-corrected chi connectivity index (χ1v) is 7.64. The van der Waals surface area contributed by atoms with Gasteiger partial charge in [-0.2, -0.15) is 0 Å². The zero-order chi connectivity index (χ0) is 15.6. The minimum Gasteiger partial charge on any atom is -0.480 e. The number of rotatable bonds is 5. The van der Waals surface area contributed by atoms with Gasteiger partial charge in [0.2, 0.25) is 0 Å². The van der Waals surface area contributed by atoms with Crippen LogP contribution in [0.2, 0.25) is 0 Å². The highest BCUT2D eigenvalue weighted by molar-refractivity contribution is 9.10. The van der Waals surface area contributed by atoms with Gasteiger partial charge < -0.3 is 15.3 Å². The third-order valence-corrected chi connectivity index (χ3v) is 4.69. The Morgan fingerprint density at radius 2 is 2.05 bits per heavy atom. The average Bonchev–Trinajstić information content (AvgIpc) is 3.25. The third-order valence-electron chi connectivity index (χ3n) is 3.92. The van der Waals surface area contributed by atoms with Crippen molar-refractivity contribution in [3.8, 4) is 0 Å². The number of carboxylic acid groups (broad SMARTS) is 1. The molecule has 1 aliphatic carbocycles. The van der Waals surface area contributed by atoms with E-state index in [0.717, 1.165) is 22.9 Å². The smallest absolute Gasteiger partial charge is 0.329 e. The number of urea groups is 1. The summed E-state index contributed by atoms with van der Waals surface area (Å²) in [5, 5.41) is 12.0. The zero-order valence-electron chi connectivity index (χ0n) is 12.1. The van der Waals surface area contributed by atoms with Crippen LogP contribution in [0.25, 0.3) is 0 Å². The normalized spacial score (nSPS) is 16.9. The van der Waals surface area contributed by atoms with E-state index in [9.17, 15) is 14.7 Å². The maximum atomic E-state index is 12.2. The third kappa shape index (κ3) is 3.56. The van der Waals surface area contributed by atoms with Crippen molar-refractivity contribution in [2.24, 2.45) is 5.92 Å². The summed E-state index contributed by atoms with van der Waals surface area (Å²) in [5.74, 6) is -0.955. The number of hydrogen-bond donors (Lipinski definition) is 2. The van der Waals surface area contributed by atoms with Crippen LogP contribution in [0.15, 0.2) is 28.7 Å². The molecule has 1 aromatic rings. The van der Waals surface area contributed by atoms with Crippen molar-refractivity contribution in [2.45, 2.75) is 31.8 Å². The molecule has 6 heteroatoms. The summed E-state index contributed by atoms with van der Waals surface area (Å²) >= 11 is 3.44. The molecule has 0 spiro atoms. The Labute approximate surface area is 132 Å². The van der Waals surface area contributed by atoms with Crippen molar-refractivity contribution in [1.29, 1.82) is 0 Å². The molecule has 0 aromatic heterocycles. The van der Waals surface area contributed by atoms with Crippen LogP contribution in [0.1, 0.15) is 25.3 Å². The van der Waals surface area contributed by atoms with E-state index in [1.165, 1.54) is 4.90 Å². The molecule has 0 saturated heterocycles. The fourth-order valence-corrected chi connectivity index (χ4v) is 2.67. The van der Waals surface area contributed by atoms with Crippen LogP contribution in [-0.2, 0) is 11.3 Å². The first-order valence-electron chi connectivity index (χ1n) is 6.84. The summed E-state index contributed by atoms with van der Waals surface area (Å²) in [6, 6.07) is 7.26. The van der Waals surface area contributed by atoms with Gasteiger partial charge in [0.1, 0.15) is 5.54 Å². The minimum absolute atomic E-state index is 0.0239. The van der Waals surface area contributed by atoms with Gasteiger partial charge in [-0.25, -0.2) is 9.59 Å². The van der Waals surface area contributed by atoms with E-state index in [-0.39, 0.29) is 11.9 Å². The molecule has 2 amide bonds. The predicted molar refractivity (Wildman–Crippen MR) is 82.9 cm³/mol. The van der Waals surface area contributed by atoms with Crippen molar-refractivity contribution in [3.63, 3.8) is 0 Å². The molecule has 1 atom stereocenters. The van der Waals surface area contributed by atoms with Crippen molar-refractivity contribution in [1.82, 2.24) is 10.2 Å². The molecular formula is C15H19BrN2O3. The maximum absolute atomic E-state index is 12.2. The number of carbonyl (C=O) groups is 2. The standard InChI is InChI=1S/C15H19BrN2O3/c1-15(13(19)20,11-7-8-11)17-14(21)18(2)9-10-5-3-4-6-12(10)16/h3-6,11H,7-9H2,1-2H3,(H,17,21)(H,19,20). The lowest BCUT2D eigenvalue weighted by molar-refractivity contribution is -0.144. The highest BCUT2D eigenvalue weighted by Gasteiger charge is 2.48. The van der Waals surface area contributed by atoms with Crippen molar-refractivity contribution in [3.05, 3.63) is 34.3 Å². The SMILES string of the molecule is CN(Cc1ccccc1Br)C(=O)NC(C)(C(=O)O)C1CC1.